The highest BCUT2D eigenvalue weighted by Crippen LogP contribution is 2.16. The van der Waals surface area contributed by atoms with E-state index in [0.29, 0.717) is 25.3 Å². The summed E-state index contributed by atoms with van der Waals surface area (Å²) in [5.41, 5.74) is 0.377. The Hall–Kier alpha value is -1.24. The van der Waals surface area contributed by atoms with Crippen molar-refractivity contribution in [1.29, 1.82) is 0 Å². The Morgan fingerprint density at radius 2 is 2.05 bits per heavy atom. The molecule has 122 valence electrons. The third-order valence-electron chi connectivity index (χ3n) is 3.06. The number of ether oxygens (including phenoxy) is 1. The third kappa shape index (κ3) is 6.68. The van der Waals surface area contributed by atoms with Crippen molar-refractivity contribution >= 4 is 27.9 Å². The topological polar surface area (TPSA) is 32.8 Å². The van der Waals surface area contributed by atoms with E-state index in [9.17, 15) is 9.18 Å². The van der Waals surface area contributed by atoms with Crippen LogP contribution in [0.15, 0.2) is 28.7 Å². The highest BCUT2D eigenvalue weighted by atomic mass is 79.9. The van der Waals surface area contributed by atoms with Crippen molar-refractivity contribution in [2.45, 2.75) is 0 Å². The largest absolute Gasteiger partial charge is 0.383 e. The molecule has 6 heteroatoms. The van der Waals surface area contributed by atoms with E-state index in [1.165, 1.54) is 18.2 Å². The maximum atomic E-state index is 13.7. The number of hydrogen-bond acceptors (Lipinski definition) is 3. The Labute approximate surface area is 139 Å². The zero-order valence-electron chi connectivity index (χ0n) is 13.2. The van der Waals surface area contributed by atoms with Gasteiger partial charge in [-0.2, -0.15) is 0 Å². The average molecular weight is 373 g/mol. The number of likely N-dealkylation sites (N-methyl/N-ethyl adjacent to an activating group) is 1. The predicted octanol–water partition coefficient (Wildman–Crippen LogP) is 2.64. The van der Waals surface area contributed by atoms with Crippen molar-refractivity contribution in [2.75, 3.05) is 47.4 Å². The zero-order chi connectivity index (χ0) is 16.5. The van der Waals surface area contributed by atoms with Crippen LogP contribution in [-0.2, 0) is 9.53 Å². The smallest absolute Gasteiger partial charge is 0.246 e. The second-order valence-corrected chi connectivity index (χ2v) is 6.04. The molecule has 0 aromatic heterocycles. The van der Waals surface area contributed by atoms with Crippen molar-refractivity contribution in [3.8, 4) is 0 Å². The monoisotopic (exact) mass is 372 g/mol. The minimum Gasteiger partial charge on any atom is -0.383 e. The van der Waals surface area contributed by atoms with Gasteiger partial charge in [-0.3, -0.25) is 4.79 Å². The standard InChI is InChI=1S/C16H22BrFN2O2/c1-19(2)8-9-20(10-11-22-3)16(21)7-4-13-12-14(17)5-6-15(13)18/h4-7,12H,8-11H2,1-3H3. The van der Waals surface area contributed by atoms with Gasteiger partial charge < -0.3 is 14.5 Å². The normalized spacial score (nSPS) is 11.4. The lowest BCUT2D eigenvalue weighted by molar-refractivity contribution is -0.126. The van der Waals surface area contributed by atoms with Gasteiger partial charge in [0.25, 0.3) is 0 Å². The van der Waals surface area contributed by atoms with Gasteiger partial charge in [-0.1, -0.05) is 15.9 Å². The van der Waals surface area contributed by atoms with Crippen LogP contribution in [-0.4, -0.2) is 63.2 Å². The van der Waals surface area contributed by atoms with Gasteiger partial charge in [0.1, 0.15) is 5.82 Å². The molecule has 0 spiro atoms. The minimum absolute atomic E-state index is 0.154. The molecule has 1 amide bonds. The molecule has 4 nitrogen and oxygen atoms in total. The third-order valence-corrected chi connectivity index (χ3v) is 3.55. The first kappa shape index (κ1) is 18.8. The molecule has 0 atom stereocenters. The summed E-state index contributed by atoms with van der Waals surface area (Å²) in [6, 6.07) is 4.62. The van der Waals surface area contributed by atoms with Crippen molar-refractivity contribution in [3.05, 3.63) is 40.1 Å². The molecule has 0 saturated heterocycles. The predicted molar refractivity (Wildman–Crippen MR) is 90.1 cm³/mol. The van der Waals surface area contributed by atoms with Crippen LogP contribution in [0.5, 0.6) is 0 Å². The van der Waals surface area contributed by atoms with Gasteiger partial charge in [0.2, 0.25) is 5.91 Å². The van der Waals surface area contributed by atoms with Crippen molar-refractivity contribution in [2.24, 2.45) is 0 Å². The molecule has 0 aliphatic rings. The molecule has 1 rings (SSSR count). The number of methoxy groups -OCH3 is 1. The van der Waals surface area contributed by atoms with Gasteiger partial charge in [0.15, 0.2) is 0 Å². The van der Waals surface area contributed by atoms with E-state index in [4.69, 9.17) is 4.74 Å². The van der Waals surface area contributed by atoms with E-state index in [1.807, 2.05) is 19.0 Å². The second kappa shape index (κ2) is 9.71. The van der Waals surface area contributed by atoms with Crippen LogP contribution in [0, 0.1) is 5.82 Å². The zero-order valence-corrected chi connectivity index (χ0v) is 14.8. The number of halogens is 2. The van der Waals surface area contributed by atoms with Crippen LogP contribution in [0.25, 0.3) is 6.08 Å². The van der Waals surface area contributed by atoms with Crippen LogP contribution in [0.2, 0.25) is 0 Å². The van der Waals surface area contributed by atoms with Gasteiger partial charge in [0.05, 0.1) is 6.61 Å². The molecule has 0 heterocycles. The number of amides is 1. The van der Waals surface area contributed by atoms with E-state index >= 15 is 0 Å². The fourth-order valence-electron chi connectivity index (χ4n) is 1.76. The number of benzene rings is 1. The van der Waals surface area contributed by atoms with Gasteiger partial charge >= 0.3 is 0 Å². The van der Waals surface area contributed by atoms with E-state index in [2.05, 4.69) is 15.9 Å². The van der Waals surface area contributed by atoms with Crippen molar-refractivity contribution in [3.63, 3.8) is 0 Å². The Bertz CT molecular complexity index is 521. The molecule has 0 aliphatic carbocycles. The summed E-state index contributed by atoms with van der Waals surface area (Å²) in [5, 5.41) is 0. The molecule has 0 bridgehead atoms. The lowest BCUT2D eigenvalue weighted by Crippen LogP contribution is -2.37. The van der Waals surface area contributed by atoms with Crippen LogP contribution in [0.3, 0.4) is 0 Å². The summed E-state index contributed by atoms with van der Waals surface area (Å²) in [6.07, 6.45) is 2.90. The maximum Gasteiger partial charge on any atom is 0.246 e. The van der Waals surface area contributed by atoms with Gasteiger partial charge in [0, 0.05) is 42.9 Å². The Kier molecular flexibility index (Phi) is 8.30. The molecule has 0 fully saturated rings. The van der Waals surface area contributed by atoms with Gasteiger partial charge in [-0.25, -0.2) is 4.39 Å². The maximum absolute atomic E-state index is 13.7. The number of hydrogen-bond donors (Lipinski definition) is 0. The molecule has 0 N–H and O–H groups in total. The molecule has 1 aromatic carbocycles. The Balaban J connectivity index is 2.75. The quantitative estimate of drug-likeness (QED) is 0.657. The molecule has 22 heavy (non-hydrogen) atoms. The second-order valence-electron chi connectivity index (χ2n) is 5.12. The first-order valence-corrected chi connectivity index (χ1v) is 7.79. The van der Waals surface area contributed by atoms with E-state index in [-0.39, 0.29) is 11.7 Å². The Morgan fingerprint density at radius 3 is 2.68 bits per heavy atom. The summed E-state index contributed by atoms with van der Waals surface area (Å²) in [5.74, 6) is -0.512. The number of carbonyl (C=O) groups excluding carboxylic acids is 1. The van der Waals surface area contributed by atoms with Gasteiger partial charge in [-0.15, -0.1) is 0 Å². The van der Waals surface area contributed by atoms with E-state index in [1.54, 1.807) is 24.1 Å². The number of nitrogens with zero attached hydrogens (tertiary/aromatic N) is 2. The molecule has 1 aromatic rings. The average Bonchev–Trinajstić information content (AvgIpc) is 2.47. The summed E-state index contributed by atoms with van der Waals surface area (Å²) >= 11 is 3.29. The molecule has 0 aliphatic heterocycles. The summed E-state index contributed by atoms with van der Waals surface area (Å²) in [4.78, 5) is 16.0. The summed E-state index contributed by atoms with van der Waals surface area (Å²) in [7, 11) is 5.50. The van der Waals surface area contributed by atoms with Crippen LogP contribution in [0.4, 0.5) is 4.39 Å². The highest BCUT2D eigenvalue weighted by Gasteiger charge is 2.11. The lowest BCUT2D eigenvalue weighted by atomic mass is 10.2. The summed E-state index contributed by atoms with van der Waals surface area (Å²) in [6.45, 7) is 2.34. The molecule has 0 unspecified atom stereocenters. The Morgan fingerprint density at radius 1 is 1.32 bits per heavy atom. The molecular formula is C16H22BrFN2O2. The van der Waals surface area contributed by atoms with Crippen LogP contribution >= 0.6 is 15.9 Å². The molecular weight excluding hydrogens is 351 g/mol. The fraction of sp³-hybridized carbons (Fsp3) is 0.438. The minimum atomic E-state index is -0.357. The van der Waals surface area contributed by atoms with Crippen molar-refractivity contribution < 1.29 is 13.9 Å². The van der Waals surface area contributed by atoms with E-state index < -0.39 is 0 Å². The van der Waals surface area contributed by atoms with Crippen LogP contribution in [0.1, 0.15) is 5.56 Å². The lowest BCUT2D eigenvalue weighted by Gasteiger charge is -2.22. The van der Waals surface area contributed by atoms with Crippen LogP contribution < -0.4 is 0 Å². The highest BCUT2D eigenvalue weighted by molar-refractivity contribution is 9.10. The molecule has 0 saturated carbocycles. The van der Waals surface area contributed by atoms with Crippen molar-refractivity contribution in [1.82, 2.24) is 9.80 Å². The first-order valence-electron chi connectivity index (χ1n) is 6.99. The SMILES string of the molecule is COCCN(CCN(C)C)C(=O)C=Cc1cc(Br)ccc1F. The van der Waals surface area contributed by atoms with E-state index in [0.717, 1.165) is 11.0 Å². The molecule has 0 radical (unpaired) electrons. The number of rotatable bonds is 8. The summed E-state index contributed by atoms with van der Waals surface area (Å²) < 4.78 is 19.5. The number of carbonyl (C=O) groups is 1. The fourth-order valence-corrected chi connectivity index (χ4v) is 2.14. The van der Waals surface area contributed by atoms with Gasteiger partial charge in [-0.05, 0) is 38.4 Å². The first-order chi connectivity index (χ1) is 10.4.